The molecule has 1 saturated heterocycles. The summed E-state index contributed by atoms with van der Waals surface area (Å²) in [5, 5.41) is 0. The molecule has 3 aliphatic rings. The van der Waals surface area contributed by atoms with E-state index in [0.717, 1.165) is 45.1 Å². The van der Waals surface area contributed by atoms with Crippen LogP contribution in [0.4, 0.5) is 0 Å². The molecule has 0 aromatic carbocycles. The fourth-order valence-electron chi connectivity index (χ4n) is 4.53. The van der Waals surface area contributed by atoms with Crippen LogP contribution in [-0.4, -0.2) is 29.2 Å². The highest BCUT2D eigenvalue weighted by Gasteiger charge is 2.40. The molecule has 0 spiro atoms. The lowest BCUT2D eigenvalue weighted by atomic mass is 9.86. The van der Waals surface area contributed by atoms with E-state index in [4.69, 9.17) is 0 Å². The second kappa shape index (κ2) is 6.28. The van der Waals surface area contributed by atoms with Crippen LogP contribution >= 0.6 is 0 Å². The van der Waals surface area contributed by atoms with Crippen LogP contribution in [0, 0.1) is 11.8 Å². The van der Waals surface area contributed by atoms with E-state index in [9.17, 15) is 9.59 Å². The van der Waals surface area contributed by atoms with Crippen molar-refractivity contribution in [2.45, 2.75) is 76.7 Å². The molecule has 1 amide bonds. The molecule has 2 atom stereocenters. The predicted molar refractivity (Wildman–Crippen MR) is 78.3 cm³/mol. The van der Waals surface area contributed by atoms with Crippen LogP contribution in [0.1, 0.15) is 70.6 Å². The van der Waals surface area contributed by atoms with Gasteiger partial charge in [0, 0.05) is 31.3 Å². The normalized spacial score (nSPS) is 32.0. The van der Waals surface area contributed by atoms with Gasteiger partial charge < -0.3 is 4.90 Å². The zero-order valence-electron chi connectivity index (χ0n) is 12.5. The average molecular weight is 277 g/mol. The fraction of sp³-hybridized carbons (Fsp3) is 0.882. The molecule has 2 saturated carbocycles. The first-order chi connectivity index (χ1) is 9.75. The van der Waals surface area contributed by atoms with E-state index in [0.29, 0.717) is 17.6 Å². The molecule has 3 rings (SSSR count). The Hall–Kier alpha value is -0.860. The first kappa shape index (κ1) is 14.1. The molecule has 3 fully saturated rings. The monoisotopic (exact) mass is 277 g/mol. The predicted octanol–water partition coefficient (Wildman–Crippen LogP) is 3.32. The van der Waals surface area contributed by atoms with Crippen molar-refractivity contribution in [3.63, 3.8) is 0 Å². The molecule has 0 bridgehead atoms. The lowest BCUT2D eigenvalue weighted by molar-refractivity contribution is -0.135. The molecule has 112 valence electrons. The van der Waals surface area contributed by atoms with Crippen molar-refractivity contribution in [1.29, 1.82) is 0 Å². The molecule has 3 heteroatoms. The summed E-state index contributed by atoms with van der Waals surface area (Å²) in [6.45, 7) is 0.889. The van der Waals surface area contributed by atoms with Crippen LogP contribution in [-0.2, 0) is 9.59 Å². The Bertz CT molecular complexity index is 373. The van der Waals surface area contributed by atoms with Gasteiger partial charge in [-0.1, -0.05) is 19.3 Å². The Morgan fingerprint density at radius 2 is 1.80 bits per heavy atom. The minimum absolute atomic E-state index is 0.160. The molecule has 0 radical (unpaired) electrons. The van der Waals surface area contributed by atoms with Crippen LogP contribution in [0.5, 0.6) is 0 Å². The second-order valence-corrected chi connectivity index (χ2v) is 6.97. The summed E-state index contributed by atoms with van der Waals surface area (Å²) >= 11 is 0. The van der Waals surface area contributed by atoms with Crippen LogP contribution in [0.15, 0.2) is 0 Å². The highest BCUT2D eigenvalue weighted by atomic mass is 16.2. The van der Waals surface area contributed by atoms with Crippen LogP contribution in [0.25, 0.3) is 0 Å². The number of likely N-dealkylation sites (tertiary alicyclic amines) is 1. The number of amides is 1. The van der Waals surface area contributed by atoms with Gasteiger partial charge in [-0.15, -0.1) is 0 Å². The van der Waals surface area contributed by atoms with Crippen molar-refractivity contribution in [3.8, 4) is 0 Å². The fourth-order valence-corrected chi connectivity index (χ4v) is 4.53. The Labute approximate surface area is 122 Å². The minimum atomic E-state index is 0.160. The average Bonchev–Trinajstić information content (AvgIpc) is 3.07. The number of Topliss-reactive ketones (excluding diaryl/α,β-unsaturated/α-hetero) is 1. The van der Waals surface area contributed by atoms with Gasteiger partial charge in [-0.05, 0) is 44.4 Å². The van der Waals surface area contributed by atoms with Gasteiger partial charge in [0.05, 0.1) is 0 Å². The third-order valence-corrected chi connectivity index (χ3v) is 5.62. The number of hydrogen-bond acceptors (Lipinski definition) is 2. The summed E-state index contributed by atoms with van der Waals surface area (Å²) in [5.41, 5.74) is 0. The van der Waals surface area contributed by atoms with E-state index in [1.807, 2.05) is 0 Å². The maximum Gasteiger partial charge on any atom is 0.223 e. The SMILES string of the molecule is O=C1CCCC1C1CCCN1C(=O)CC1CCCCC1. The van der Waals surface area contributed by atoms with E-state index in [1.165, 1.54) is 32.1 Å². The van der Waals surface area contributed by atoms with E-state index >= 15 is 0 Å². The van der Waals surface area contributed by atoms with Crippen LogP contribution in [0.3, 0.4) is 0 Å². The lowest BCUT2D eigenvalue weighted by Gasteiger charge is -2.31. The van der Waals surface area contributed by atoms with Crippen molar-refractivity contribution >= 4 is 11.7 Å². The van der Waals surface area contributed by atoms with Crippen molar-refractivity contribution < 1.29 is 9.59 Å². The third kappa shape index (κ3) is 2.91. The van der Waals surface area contributed by atoms with Crippen molar-refractivity contribution in [3.05, 3.63) is 0 Å². The molecule has 0 aromatic heterocycles. The molecule has 20 heavy (non-hydrogen) atoms. The third-order valence-electron chi connectivity index (χ3n) is 5.62. The molecule has 0 N–H and O–H groups in total. The minimum Gasteiger partial charge on any atom is -0.339 e. The van der Waals surface area contributed by atoms with E-state index in [2.05, 4.69) is 4.90 Å². The molecule has 1 aliphatic heterocycles. The Morgan fingerprint density at radius 1 is 1.00 bits per heavy atom. The van der Waals surface area contributed by atoms with Gasteiger partial charge in [0.15, 0.2) is 0 Å². The van der Waals surface area contributed by atoms with Crippen LogP contribution < -0.4 is 0 Å². The highest BCUT2D eigenvalue weighted by Crippen LogP contribution is 2.35. The summed E-state index contributed by atoms with van der Waals surface area (Å²) in [6, 6.07) is 0.237. The van der Waals surface area contributed by atoms with Gasteiger partial charge in [0.1, 0.15) is 5.78 Å². The maximum atomic E-state index is 12.6. The summed E-state index contributed by atoms with van der Waals surface area (Å²) in [4.78, 5) is 26.7. The van der Waals surface area contributed by atoms with E-state index < -0.39 is 0 Å². The lowest BCUT2D eigenvalue weighted by Crippen LogP contribution is -2.42. The molecule has 2 aliphatic carbocycles. The standard InChI is InChI=1S/C17H27NO2/c19-16-10-4-8-14(16)15-9-5-11-18(15)17(20)12-13-6-2-1-3-7-13/h13-15H,1-12H2. The largest absolute Gasteiger partial charge is 0.339 e. The van der Waals surface area contributed by atoms with Gasteiger partial charge in [-0.3, -0.25) is 9.59 Å². The van der Waals surface area contributed by atoms with E-state index in [1.54, 1.807) is 0 Å². The zero-order valence-corrected chi connectivity index (χ0v) is 12.5. The number of carbonyl (C=O) groups excluding carboxylic acids is 2. The first-order valence-corrected chi connectivity index (χ1v) is 8.58. The molecular weight excluding hydrogens is 250 g/mol. The molecule has 3 nitrogen and oxygen atoms in total. The summed E-state index contributed by atoms with van der Waals surface area (Å²) in [7, 11) is 0. The smallest absolute Gasteiger partial charge is 0.223 e. The highest BCUT2D eigenvalue weighted by molar-refractivity contribution is 5.85. The van der Waals surface area contributed by atoms with Crippen molar-refractivity contribution in [2.24, 2.45) is 11.8 Å². The Kier molecular flexibility index (Phi) is 4.42. The molecule has 0 aromatic rings. The van der Waals surface area contributed by atoms with Crippen molar-refractivity contribution in [2.75, 3.05) is 6.54 Å². The van der Waals surface area contributed by atoms with Gasteiger partial charge >= 0.3 is 0 Å². The Morgan fingerprint density at radius 3 is 2.50 bits per heavy atom. The number of ketones is 1. The van der Waals surface area contributed by atoms with Gasteiger partial charge in [-0.25, -0.2) is 0 Å². The maximum absolute atomic E-state index is 12.6. The number of hydrogen-bond donors (Lipinski definition) is 0. The molecule has 1 heterocycles. The van der Waals surface area contributed by atoms with Gasteiger partial charge in [-0.2, -0.15) is 0 Å². The van der Waals surface area contributed by atoms with Crippen molar-refractivity contribution in [1.82, 2.24) is 4.90 Å². The van der Waals surface area contributed by atoms with Crippen LogP contribution in [0.2, 0.25) is 0 Å². The zero-order chi connectivity index (χ0) is 13.9. The summed E-state index contributed by atoms with van der Waals surface area (Å²) in [6.07, 6.45) is 12.0. The topological polar surface area (TPSA) is 37.4 Å². The first-order valence-electron chi connectivity index (χ1n) is 8.58. The summed E-state index contributed by atoms with van der Waals surface area (Å²) in [5.74, 6) is 1.51. The molecule has 2 unspecified atom stereocenters. The Balaban J connectivity index is 1.59. The number of rotatable bonds is 3. The van der Waals surface area contributed by atoms with Gasteiger partial charge in [0.25, 0.3) is 0 Å². The summed E-state index contributed by atoms with van der Waals surface area (Å²) < 4.78 is 0. The number of carbonyl (C=O) groups is 2. The number of nitrogens with zero attached hydrogens (tertiary/aromatic N) is 1. The second-order valence-electron chi connectivity index (χ2n) is 6.97. The molecular formula is C17H27NO2. The van der Waals surface area contributed by atoms with E-state index in [-0.39, 0.29) is 12.0 Å². The van der Waals surface area contributed by atoms with Gasteiger partial charge in [0.2, 0.25) is 5.91 Å². The quantitative estimate of drug-likeness (QED) is 0.793.